The smallest absolute Gasteiger partial charge is 0.100 e. The maximum Gasteiger partial charge on any atom is 0.100 e. The molecule has 3 nitrogen and oxygen atoms in total. The van der Waals surface area contributed by atoms with Gasteiger partial charge in [0.15, 0.2) is 0 Å². The summed E-state index contributed by atoms with van der Waals surface area (Å²) >= 11 is 0. The molecule has 0 aromatic heterocycles. The number of alkyl halides is 1. The maximum absolute atomic E-state index is 12.9. The van der Waals surface area contributed by atoms with Gasteiger partial charge in [-0.1, -0.05) is 0 Å². The topological polar surface area (TPSA) is 44.5 Å². The fourth-order valence-electron chi connectivity index (χ4n) is 2.87. The van der Waals surface area contributed by atoms with Crippen molar-refractivity contribution in [2.75, 3.05) is 13.2 Å². The molecule has 0 aromatic rings. The molecule has 2 rings (SSSR count). The van der Waals surface area contributed by atoms with Gasteiger partial charge in [-0.3, -0.25) is 0 Å². The largest absolute Gasteiger partial charge is 0.376 e. The first-order valence-corrected chi connectivity index (χ1v) is 7.37. The van der Waals surface area contributed by atoms with Crippen molar-refractivity contribution in [2.24, 2.45) is 5.73 Å². The van der Waals surface area contributed by atoms with Crippen molar-refractivity contribution in [1.29, 1.82) is 0 Å². The van der Waals surface area contributed by atoms with Crippen LogP contribution < -0.4 is 5.73 Å². The van der Waals surface area contributed by atoms with Crippen molar-refractivity contribution < 1.29 is 13.9 Å². The maximum atomic E-state index is 12.9. The Kier molecular flexibility index (Phi) is 5.86. The van der Waals surface area contributed by atoms with Gasteiger partial charge in [0.05, 0.1) is 25.4 Å². The van der Waals surface area contributed by atoms with E-state index in [9.17, 15) is 4.39 Å². The monoisotopic (exact) mass is 259 g/mol. The Bertz CT molecular complexity index is 200. The highest BCUT2D eigenvalue weighted by Gasteiger charge is 2.21. The minimum atomic E-state index is -0.604. The van der Waals surface area contributed by atoms with Gasteiger partial charge in [-0.25, -0.2) is 4.39 Å². The third-order valence-electron chi connectivity index (χ3n) is 4.11. The van der Waals surface area contributed by atoms with Crippen LogP contribution in [0.5, 0.6) is 0 Å². The van der Waals surface area contributed by atoms with Crippen molar-refractivity contribution in [3.8, 4) is 0 Å². The lowest BCUT2D eigenvalue weighted by Gasteiger charge is -2.27. The minimum Gasteiger partial charge on any atom is -0.376 e. The Balaban J connectivity index is 1.48. The van der Waals surface area contributed by atoms with Crippen molar-refractivity contribution >= 4 is 0 Å². The molecule has 0 aliphatic heterocycles. The summed E-state index contributed by atoms with van der Waals surface area (Å²) in [5.74, 6) is 0. The Morgan fingerprint density at radius 1 is 0.778 bits per heavy atom. The van der Waals surface area contributed by atoms with Crippen LogP contribution in [0.15, 0.2) is 0 Å². The summed E-state index contributed by atoms with van der Waals surface area (Å²) in [7, 11) is 0. The third-order valence-corrected chi connectivity index (χ3v) is 4.11. The van der Waals surface area contributed by atoms with Crippen molar-refractivity contribution in [3.05, 3.63) is 0 Å². The number of hydrogen-bond acceptors (Lipinski definition) is 3. The van der Waals surface area contributed by atoms with Crippen molar-refractivity contribution in [3.63, 3.8) is 0 Å². The van der Waals surface area contributed by atoms with Gasteiger partial charge in [-0.05, 0) is 51.4 Å². The summed E-state index contributed by atoms with van der Waals surface area (Å²) in [6, 6.07) is 0.372. The molecular weight excluding hydrogens is 233 g/mol. The zero-order chi connectivity index (χ0) is 12.8. The van der Waals surface area contributed by atoms with Gasteiger partial charge in [0.1, 0.15) is 6.17 Å². The first kappa shape index (κ1) is 14.2. The fourth-order valence-corrected chi connectivity index (χ4v) is 2.87. The Morgan fingerprint density at radius 3 is 1.72 bits per heavy atom. The second-order valence-electron chi connectivity index (χ2n) is 5.65. The van der Waals surface area contributed by atoms with Crippen LogP contribution in [0.4, 0.5) is 4.39 Å². The first-order valence-electron chi connectivity index (χ1n) is 7.37. The minimum absolute atomic E-state index is 0.250. The lowest BCUT2D eigenvalue weighted by atomic mass is 9.94. The highest BCUT2D eigenvalue weighted by molar-refractivity contribution is 4.74. The lowest BCUT2D eigenvalue weighted by Crippen LogP contribution is -2.31. The van der Waals surface area contributed by atoms with Crippen LogP contribution in [-0.4, -0.2) is 37.6 Å². The van der Waals surface area contributed by atoms with Crippen LogP contribution in [0.2, 0.25) is 0 Å². The Labute approximate surface area is 109 Å². The molecule has 0 radical (unpaired) electrons. The van der Waals surface area contributed by atoms with E-state index in [1.807, 2.05) is 0 Å². The average molecular weight is 259 g/mol. The fraction of sp³-hybridized carbons (Fsp3) is 1.00. The van der Waals surface area contributed by atoms with Gasteiger partial charge >= 0.3 is 0 Å². The molecule has 0 atom stereocenters. The number of hydrogen-bond donors (Lipinski definition) is 1. The zero-order valence-electron chi connectivity index (χ0n) is 11.2. The number of halogens is 1. The van der Waals surface area contributed by atoms with Gasteiger partial charge in [0.25, 0.3) is 0 Å². The molecule has 4 heteroatoms. The molecular formula is C14H26FNO2. The van der Waals surface area contributed by atoms with Crippen LogP contribution >= 0.6 is 0 Å². The average Bonchev–Trinajstić information content (AvgIpc) is 2.39. The standard InChI is InChI=1S/C14H26FNO2/c15-11-1-5-13(6-2-11)17-9-10-18-14-7-3-12(16)4-8-14/h11-14H,1-10,16H2. The van der Waals surface area contributed by atoms with E-state index in [1.54, 1.807) is 0 Å². The summed E-state index contributed by atoms with van der Waals surface area (Å²) < 4.78 is 24.4. The van der Waals surface area contributed by atoms with E-state index in [2.05, 4.69) is 0 Å². The summed E-state index contributed by atoms with van der Waals surface area (Å²) in [5, 5.41) is 0. The van der Waals surface area contributed by atoms with E-state index in [4.69, 9.17) is 15.2 Å². The van der Waals surface area contributed by atoms with Gasteiger partial charge in [-0.2, -0.15) is 0 Å². The number of ether oxygens (including phenoxy) is 2. The third kappa shape index (κ3) is 4.82. The van der Waals surface area contributed by atoms with Crippen LogP contribution in [0.1, 0.15) is 51.4 Å². The van der Waals surface area contributed by atoms with Crippen molar-refractivity contribution in [2.45, 2.75) is 75.8 Å². The predicted octanol–water partition coefficient (Wildman–Crippen LogP) is 2.57. The molecule has 2 aliphatic rings. The van der Waals surface area contributed by atoms with E-state index in [0.717, 1.165) is 38.5 Å². The number of rotatable bonds is 5. The van der Waals surface area contributed by atoms with Crippen LogP contribution in [-0.2, 0) is 9.47 Å². The molecule has 106 valence electrons. The second-order valence-corrected chi connectivity index (χ2v) is 5.65. The van der Waals surface area contributed by atoms with E-state index in [-0.39, 0.29) is 6.10 Å². The van der Waals surface area contributed by atoms with E-state index < -0.39 is 6.17 Å². The molecule has 2 N–H and O–H groups in total. The van der Waals surface area contributed by atoms with Crippen molar-refractivity contribution in [1.82, 2.24) is 0 Å². The molecule has 0 aromatic carbocycles. The Hall–Kier alpha value is -0.190. The molecule has 0 amide bonds. The number of nitrogens with two attached hydrogens (primary N) is 1. The van der Waals surface area contributed by atoms with E-state index in [0.29, 0.717) is 38.2 Å². The SMILES string of the molecule is NC1CCC(OCCOC2CCC(F)CC2)CC1. The van der Waals surface area contributed by atoms with Gasteiger partial charge in [0.2, 0.25) is 0 Å². The van der Waals surface area contributed by atoms with E-state index >= 15 is 0 Å². The van der Waals surface area contributed by atoms with Crippen LogP contribution in [0.3, 0.4) is 0 Å². The molecule has 0 unspecified atom stereocenters. The van der Waals surface area contributed by atoms with Gasteiger partial charge < -0.3 is 15.2 Å². The summed E-state index contributed by atoms with van der Waals surface area (Å²) in [5.41, 5.74) is 5.85. The predicted molar refractivity (Wildman–Crippen MR) is 69.3 cm³/mol. The highest BCUT2D eigenvalue weighted by atomic mass is 19.1. The second kappa shape index (κ2) is 7.41. The lowest BCUT2D eigenvalue weighted by molar-refractivity contribution is -0.0458. The van der Waals surface area contributed by atoms with Crippen LogP contribution in [0.25, 0.3) is 0 Å². The summed E-state index contributed by atoms with van der Waals surface area (Å²) in [4.78, 5) is 0. The van der Waals surface area contributed by atoms with Gasteiger partial charge in [0, 0.05) is 6.04 Å². The first-order chi connectivity index (χ1) is 8.74. The molecule has 2 saturated carbocycles. The normalized spacial score (nSPS) is 37.7. The van der Waals surface area contributed by atoms with Gasteiger partial charge in [-0.15, -0.1) is 0 Å². The molecule has 0 spiro atoms. The molecule has 18 heavy (non-hydrogen) atoms. The summed E-state index contributed by atoms with van der Waals surface area (Å²) in [6.45, 7) is 1.31. The molecule has 0 heterocycles. The molecule has 0 saturated heterocycles. The van der Waals surface area contributed by atoms with E-state index in [1.165, 1.54) is 0 Å². The highest BCUT2D eigenvalue weighted by Crippen LogP contribution is 2.23. The Morgan fingerprint density at radius 2 is 1.22 bits per heavy atom. The quantitative estimate of drug-likeness (QED) is 0.772. The molecule has 0 bridgehead atoms. The molecule has 2 fully saturated rings. The zero-order valence-corrected chi connectivity index (χ0v) is 11.2. The molecule has 2 aliphatic carbocycles. The summed E-state index contributed by atoms with van der Waals surface area (Å²) in [6.07, 6.45) is 7.36. The van der Waals surface area contributed by atoms with Crippen LogP contribution in [0, 0.1) is 0 Å².